The fourth-order valence-electron chi connectivity index (χ4n) is 3.76. The number of hydrogen-bond acceptors (Lipinski definition) is 5. The van der Waals surface area contributed by atoms with Crippen LogP contribution < -0.4 is 9.64 Å². The topological polar surface area (TPSA) is 62.7 Å². The molecule has 1 N–H and O–H groups in total. The van der Waals surface area contributed by atoms with E-state index >= 15 is 0 Å². The van der Waals surface area contributed by atoms with E-state index in [-0.39, 0.29) is 11.9 Å². The number of piperidine rings is 1. The maximum Gasteiger partial charge on any atom is 0.309 e. The average molecular weight is 418 g/mol. The maximum absolute atomic E-state index is 12.0. The van der Waals surface area contributed by atoms with Gasteiger partial charge in [-0.3, -0.25) is 9.36 Å². The Hall–Kier alpha value is -2.45. The number of benzene rings is 1. The molecule has 1 aromatic heterocycles. The molecule has 0 aliphatic carbocycles. The van der Waals surface area contributed by atoms with Crippen LogP contribution in [0.4, 0.5) is 0 Å². The first kappa shape index (κ1) is 21.3. The van der Waals surface area contributed by atoms with Gasteiger partial charge in [0, 0.05) is 19.4 Å². The monoisotopic (exact) mass is 417 g/mol. The Labute approximate surface area is 176 Å². The second-order valence-electron chi connectivity index (χ2n) is 7.14. The third-order valence-electron chi connectivity index (χ3n) is 5.27. The number of carbonyl (C=O) groups excluding carboxylic acids is 1. The van der Waals surface area contributed by atoms with Crippen molar-refractivity contribution in [3.8, 4) is 17.1 Å². The maximum atomic E-state index is 12.0. The van der Waals surface area contributed by atoms with E-state index in [2.05, 4.69) is 6.58 Å². The van der Waals surface area contributed by atoms with Crippen molar-refractivity contribution in [3.63, 3.8) is 0 Å². The summed E-state index contributed by atoms with van der Waals surface area (Å²) in [6, 6.07) is 7.80. The number of esters is 1. The lowest BCUT2D eigenvalue weighted by Crippen LogP contribution is -3.12. The van der Waals surface area contributed by atoms with Gasteiger partial charge in [-0.2, -0.15) is 4.68 Å². The van der Waals surface area contributed by atoms with Gasteiger partial charge in [-0.05, 0) is 31.3 Å². The number of quaternary nitrogens is 1. The zero-order valence-electron chi connectivity index (χ0n) is 17.1. The van der Waals surface area contributed by atoms with Gasteiger partial charge in [0.2, 0.25) is 4.77 Å². The molecular weight excluding hydrogens is 388 g/mol. The molecule has 0 unspecified atom stereocenters. The molecule has 1 saturated heterocycles. The number of allylic oxidation sites excluding steroid dienone is 1. The number of carbonyl (C=O) groups is 1. The molecule has 8 heteroatoms. The molecular formula is C21H29N4O3S+. The lowest BCUT2D eigenvalue weighted by molar-refractivity contribution is -0.929. The summed E-state index contributed by atoms with van der Waals surface area (Å²) < 4.78 is 15.2. The van der Waals surface area contributed by atoms with Gasteiger partial charge in [0.1, 0.15) is 5.75 Å². The van der Waals surface area contributed by atoms with Crippen LogP contribution in [0.15, 0.2) is 36.9 Å². The highest BCUT2D eigenvalue weighted by atomic mass is 32.1. The zero-order valence-corrected chi connectivity index (χ0v) is 17.9. The molecule has 2 heterocycles. The zero-order chi connectivity index (χ0) is 20.8. The summed E-state index contributed by atoms with van der Waals surface area (Å²) in [6.07, 6.45) is 3.47. The normalized spacial score (nSPS) is 19.0. The Balaban J connectivity index is 1.80. The van der Waals surface area contributed by atoms with Crippen molar-refractivity contribution in [2.75, 3.05) is 26.8 Å². The Morgan fingerprint density at radius 2 is 2.10 bits per heavy atom. The fourth-order valence-corrected chi connectivity index (χ4v) is 4.02. The molecule has 7 nitrogen and oxygen atoms in total. The van der Waals surface area contributed by atoms with E-state index in [0.717, 1.165) is 43.1 Å². The minimum atomic E-state index is -0.0723. The molecule has 0 amide bonds. The summed E-state index contributed by atoms with van der Waals surface area (Å²) in [5.74, 6) is 1.46. The van der Waals surface area contributed by atoms with Gasteiger partial charge in [0.25, 0.3) is 0 Å². The summed E-state index contributed by atoms with van der Waals surface area (Å²) >= 11 is 5.71. The molecule has 1 fully saturated rings. The number of rotatable bonds is 8. The highest BCUT2D eigenvalue weighted by Gasteiger charge is 2.29. The summed E-state index contributed by atoms with van der Waals surface area (Å²) in [5.41, 5.74) is 0.901. The molecule has 1 aliphatic heterocycles. The van der Waals surface area contributed by atoms with Crippen molar-refractivity contribution in [2.45, 2.75) is 33.0 Å². The first-order chi connectivity index (χ1) is 14.1. The molecule has 0 saturated carbocycles. The minimum absolute atomic E-state index is 0.00846. The number of nitrogens with one attached hydrogen (secondary N) is 1. The Morgan fingerprint density at radius 3 is 2.76 bits per heavy atom. The molecule has 3 rings (SSSR count). The van der Waals surface area contributed by atoms with Crippen LogP contribution in [0.2, 0.25) is 0 Å². The van der Waals surface area contributed by atoms with Crippen molar-refractivity contribution in [1.29, 1.82) is 0 Å². The van der Waals surface area contributed by atoms with Gasteiger partial charge in [0.15, 0.2) is 12.5 Å². The average Bonchev–Trinajstić information content (AvgIpc) is 3.04. The van der Waals surface area contributed by atoms with E-state index in [1.807, 2.05) is 46.5 Å². The van der Waals surface area contributed by atoms with E-state index in [1.165, 1.54) is 4.90 Å². The van der Waals surface area contributed by atoms with Gasteiger partial charge < -0.3 is 14.4 Å². The quantitative estimate of drug-likeness (QED) is 0.405. The van der Waals surface area contributed by atoms with Crippen LogP contribution in [0.1, 0.15) is 19.8 Å². The number of methoxy groups -OCH3 is 1. The second kappa shape index (κ2) is 9.84. The van der Waals surface area contributed by atoms with Crippen LogP contribution in [0.5, 0.6) is 5.75 Å². The van der Waals surface area contributed by atoms with Gasteiger partial charge in [0.05, 0.1) is 38.3 Å². The molecule has 2 aromatic rings. The Kier molecular flexibility index (Phi) is 7.22. The number of aromatic nitrogens is 3. The van der Waals surface area contributed by atoms with Crippen molar-refractivity contribution < 1.29 is 19.2 Å². The highest BCUT2D eigenvalue weighted by Crippen LogP contribution is 2.28. The molecule has 0 atom stereocenters. The van der Waals surface area contributed by atoms with Crippen LogP contribution in [-0.2, 0) is 22.7 Å². The van der Waals surface area contributed by atoms with Gasteiger partial charge in [-0.15, -0.1) is 11.7 Å². The Morgan fingerprint density at radius 1 is 1.38 bits per heavy atom. The van der Waals surface area contributed by atoms with Crippen LogP contribution >= 0.6 is 12.2 Å². The second-order valence-corrected chi connectivity index (χ2v) is 7.50. The molecule has 0 bridgehead atoms. The highest BCUT2D eigenvalue weighted by molar-refractivity contribution is 7.71. The molecule has 0 spiro atoms. The largest absolute Gasteiger partial charge is 0.496 e. The SMILES string of the molecule is C=CCn1c(-c2ccccc2OC)nn(C[NH+]2CCC(C(=O)OCC)CC2)c1=S. The minimum Gasteiger partial charge on any atom is -0.496 e. The van der Waals surface area contributed by atoms with Crippen LogP contribution in [0, 0.1) is 10.7 Å². The third kappa shape index (κ3) is 4.76. The van der Waals surface area contributed by atoms with E-state index < -0.39 is 0 Å². The van der Waals surface area contributed by atoms with Crippen LogP contribution in [-0.4, -0.2) is 47.1 Å². The van der Waals surface area contributed by atoms with Crippen molar-refractivity contribution in [3.05, 3.63) is 41.7 Å². The van der Waals surface area contributed by atoms with E-state index in [0.29, 0.717) is 24.6 Å². The van der Waals surface area contributed by atoms with Gasteiger partial charge in [-0.1, -0.05) is 18.2 Å². The number of hydrogen-bond donors (Lipinski definition) is 1. The van der Waals surface area contributed by atoms with Gasteiger partial charge in [-0.25, -0.2) is 0 Å². The molecule has 0 radical (unpaired) electrons. The number of likely N-dealkylation sites (tertiary alicyclic amines) is 1. The first-order valence-electron chi connectivity index (χ1n) is 10.0. The Bertz CT molecular complexity index is 913. The van der Waals surface area contributed by atoms with Gasteiger partial charge >= 0.3 is 5.97 Å². The summed E-state index contributed by atoms with van der Waals surface area (Å²) in [7, 11) is 1.65. The molecule has 1 aromatic carbocycles. The first-order valence-corrected chi connectivity index (χ1v) is 10.4. The third-order valence-corrected chi connectivity index (χ3v) is 5.70. The summed E-state index contributed by atoms with van der Waals surface area (Å²) in [6.45, 7) is 9.17. The predicted molar refractivity (Wildman–Crippen MR) is 113 cm³/mol. The van der Waals surface area contributed by atoms with Crippen molar-refractivity contribution in [2.24, 2.45) is 5.92 Å². The summed E-state index contributed by atoms with van der Waals surface area (Å²) in [4.78, 5) is 13.3. The lowest BCUT2D eigenvalue weighted by atomic mass is 9.97. The number of ether oxygens (including phenoxy) is 2. The standard InChI is InChI=1S/C21H28N4O3S/c1-4-12-24-19(17-8-6-7-9-18(17)27-3)22-25(21(24)29)15-23-13-10-16(11-14-23)20(26)28-5-2/h4,6-9,16H,1,5,10-15H2,2-3H3/p+1. The van der Waals surface area contributed by atoms with Crippen LogP contribution in [0.25, 0.3) is 11.4 Å². The lowest BCUT2D eigenvalue weighted by Gasteiger charge is -2.27. The number of nitrogens with zero attached hydrogens (tertiary/aromatic N) is 3. The molecule has 156 valence electrons. The number of para-hydroxylation sites is 1. The van der Waals surface area contributed by atoms with E-state index in [1.54, 1.807) is 7.11 Å². The summed E-state index contributed by atoms with van der Waals surface area (Å²) in [5, 5.41) is 4.82. The predicted octanol–water partition coefficient (Wildman–Crippen LogP) is 2.09. The molecule has 1 aliphatic rings. The van der Waals surface area contributed by atoms with Crippen molar-refractivity contribution >= 4 is 18.2 Å². The fraction of sp³-hybridized carbons (Fsp3) is 0.476. The van der Waals surface area contributed by atoms with Crippen molar-refractivity contribution in [1.82, 2.24) is 14.3 Å². The smallest absolute Gasteiger partial charge is 0.309 e. The van der Waals surface area contributed by atoms with Crippen LogP contribution in [0.3, 0.4) is 0 Å². The van der Waals surface area contributed by atoms with E-state index in [9.17, 15) is 4.79 Å². The van der Waals surface area contributed by atoms with E-state index in [4.69, 9.17) is 26.8 Å². The molecule has 29 heavy (non-hydrogen) atoms.